The van der Waals surface area contributed by atoms with Gasteiger partial charge in [0.05, 0.1) is 20.3 Å². The number of carbonyl (C=O) groups excluding carboxylic acids is 2. The highest BCUT2D eigenvalue weighted by atomic mass is 16.5. The Labute approximate surface area is 189 Å². The van der Waals surface area contributed by atoms with Gasteiger partial charge in [-0.1, -0.05) is 0 Å². The summed E-state index contributed by atoms with van der Waals surface area (Å²) in [4.78, 5) is 29.1. The summed E-state index contributed by atoms with van der Waals surface area (Å²) in [5.74, 6) is 1.09. The highest BCUT2D eigenvalue weighted by molar-refractivity contribution is 5.98. The number of hydrogen-bond acceptors (Lipinski definition) is 5. The first kappa shape index (κ1) is 23.2. The minimum Gasteiger partial charge on any atom is -0.493 e. The fourth-order valence-corrected chi connectivity index (χ4v) is 3.96. The summed E-state index contributed by atoms with van der Waals surface area (Å²) in [5.41, 5.74) is 3.57. The summed E-state index contributed by atoms with van der Waals surface area (Å²) >= 11 is 0. The number of methoxy groups -OCH3 is 2. The van der Waals surface area contributed by atoms with Crippen molar-refractivity contribution in [3.8, 4) is 11.5 Å². The molecule has 0 aromatic heterocycles. The molecule has 32 heavy (non-hydrogen) atoms. The zero-order valence-corrected chi connectivity index (χ0v) is 19.4. The Bertz CT molecular complexity index is 974. The van der Waals surface area contributed by atoms with Crippen molar-refractivity contribution < 1.29 is 19.1 Å². The van der Waals surface area contributed by atoms with Crippen molar-refractivity contribution in [1.82, 2.24) is 5.32 Å². The maximum absolute atomic E-state index is 12.6. The summed E-state index contributed by atoms with van der Waals surface area (Å²) in [6.07, 6.45) is 0.238. The number of urea groups is 1. The largest absolute Gasteiger partial charge is 0.493 e. The Morgan fingerprint density at radius 3 is 2.44 bits per heavy atom. The predicted octanol–water partition coefficient (Wildman–Crippen LogP) is 3.79. The molecular weight excluding hydrogens is 408 g/mol. The average molecular weight is 441 g/mol. The Balaban J connectivity index is 1.63. The highest BCUT2D eigenvalue weighted by Crippen LogP contribution is 2.33. The molecule has 1 aliphatic heterocycles. The van der Waals surface area contributed by atoms with E-state index < -0.39 is 0 Å². The van der Waals surface area contributed by atoms with Gasteiger partial charge in [-0.05, 0) is 56.7 Å². The van der Waals surface area contributed by atoms with Gasteiger partial charge in [-0.25, -0.2) is 4.79 Å². The molecule has 2 aromatic carbocycles. The molecule has 1 saturated heterocycles. The number of carbonyl (C=O) groups is 2. The highest BCUT2D eigenvalue weighted by Gasteiger charge is 2.32. The SMILES string of the molecule is CCN(CC)c1ccc(NC(=O)N[C@@H]2CC(=O)N(c3ccc(OC)c(OC)c3)C2)c(C)c1. The third-order valence-corrected chi connectivity index (χ3v) is 5.73. The molecule has 0 unspecified atom stereocenters. The monoisotopic (exact) mass is 440 g/mol. The molecule has 8 nitrogen and oxygen atoms in total. The van der Waals surface area contributed by atoms with Gasteiger partial charge in [0.15, 0.2) is 11.5 Å². The summed E-state index contributed by atoms with van der Waals surface area (Å²) < 4.78 is 10.6. The minimum absolute atomic E-state index is 0.0534. The predicted molar refractivity (Wildman–Crippen MR) is 127 cm³/mol. The van der Waals surface area contributed by atoms with Gasteiger partial charge in [0.2, 0.25) is 5.91 Å². The second-order valence-electron chi connectivity index (χ2n) is 7.71. The van der Waals surface area contributed by atoms with E-state index in [0.29, 0.717) is 23.7 Å². The van der Waals surface area contributed by atoms with Crippen LogP contribution in [-0.4, -0.2) is 51.8 Å². The second-order valence-corrected chi connectivity index (χ2v) is 7.71. The zero-order chi connectivity index (χ0) is 23.3. The number of anilines is 3. The number of rotatable bonds is 8. The summed E-state index contributed by atoms with van der Waals surface area (Å²) in [6.45, 7) is 8.45. The molecule has 0 aliphatic carbocycles. The normalized spacial score (nSPS) is 15.5. The van der Waals surface area contributed by atoms with E-state index in [2.05, 4.69) is 35.4 Å². The molecule has 1 fully saturated rings. The van der Waals surface area contributed by atoms with Crippen LogP contribution in [0.15, 0.2) is 36.4 Å². The van der Waals surface area contributed by atoms with Crippen molar-refractivity contribution in [2.24, 2.45) is 0 Å². The van der Waals surface area contributed by atoms with Crippen LogP contribution in [-0.2, 0) is 4.79 Å². The molecule has 1 heterocycles. The molecule has 0 spiro atoms. The lowest BCUT2D eigenvalue weighted by Crippen LogP contribution is -2.39. The third-order valence-electron chi connectivity index (χ3n) is 5.73. The number of amides is 3. The minimum atomic E-state index is -0.323. The van der Waals surface area contributed by atoms with Crippen molar-refractivity contribution in [3.63, 3.8) is 0 Å². The van der Waals surface area contributed by atoms with Crippen LogP contribution in [0.25, 0.3) is 0 Å². The number of aryl methyl sites for hydroxylation is 1. The summed E-state index contributed by atoms with van der Waals surface area (Å²) in [6, 6.07) is 10.7. The molecular formula is C24H32N4O4. The first-order valence-electron chi connectivity index (χ1n) is 10.9. The molecule has 2 N–H and O–H groups in total. The van der Waals surface area contributed by atoms with Crippen molar-refractivity contribution in [1.29, 1.82) is 0 Å². The lowest BCUT2D eigenvalue weighted by atomic mass is 10.1. The van der Waals surface area contributed by atoms with Gasteiger partial charge in [-0.15, -0.1) is 0 Å². The molecule has 1 atom stereocenters. The van der Waals surface area contributed by atoms with E-state index in [1.165, 1.54) is 0 Å². The Kier molecular flexibility index (Phi) is 7.45. The van der Waals surface area contributed by atoms with Gasteiger partial charge in [0.1, 0.15) is 0 Å². The molecule has 0 bridgehead atoms. The molecule has 172 valence electrons. The fourth-order valence-electron chi connectivity index (χ4n) is 3.96. The Morgan fingerprint density at radius 1 is 1.09 bits per heavy atom. The lowest BCUT2D eigenvalue weighted by Gasteiger charge is -2.22. The number of ether oxygens (including phenoxy) is 2. The lowest BCUT2D eigenvalue weighted by molar-refractivity contribution is -0.117. The van der Waals surface area contributed by atoms with Crippen molar-refractivity contribution in [2.45, 2.75) is 33.2 Å². The summed E-state index contributed by atoms with van der Waals surface area (Å²) in [5, 5.41) is 5.82. The van der Waals surface area contributed by atoms with Crippen LogP contribution in [0.3, 0.4) is 0 Å². The molecule has 0 radical (unpaired) electrons. The van der Waals surface area contributed by atoms with E-state index in [4.69, 9.17) is 9.47 Å². The van der Waals surface area contributed by atoms with Gasteiger partial charge in [-0.2, -0.15) is 0 Å². The Morgan fingerprint density at radius 2 is 1.81 bits per heavy atom. The molecule has 3 amide bonds. The molecule has 3 rings (SSSR count). The fraction of sp³-hybridized carbons (Fsp3) is 0.417. The van der Waals surface area contributed by atoms with Crippen LogP contribution in [0.2, 0.25) is 0 Å². The maximum atomic E-state index is 12.6. The van der Waals surface area contributed by atoms with Crippen LogP contribution in [0.4, 0.5) is 21.9 Å². The third kappa shape index (κ3) is 5.07. The van der Waals surface area contributed by atoms with E-state index >= 15 is 0 Å². The molecule has 1 aliphatic rings. The molecule has 2 aromatic rings. The van der Waals surface area contributed by atoms with E-state index in [-0.39, 0.29) is 24.4 Å². The number of benzene rings is 2. The van der Waals surface area contributed by atoms with Crippen molar-refractivity contribution in [3.05, 3.63) is 42.0 Å². The summed E-state index contributed by atoms with van der Waals surface area (Å²) in [7, 11) is 3.12. The van der Waals surface area contributed by atoms with Crippen molar-refractivity contribution >= 4 is 29.0 Å². The number of nitrogens with one attached hydrogen (secondary N) is 2. The van der Waals surface area contributed by atoms with Crippen LogP contribution in [0.5, 0.6) is 11.5 Å². The topological polar surface area (TPSA) is 83.1 Å². The average Bonchev–Trinajstić information content (AvgIpc) is 3.15. The smallest absolute Gasteiger partial charge is 0.319 e. The van der Waals surface area contributed by atoms with E-state index in [0.717, 1.165) is 30.0 Å². The second kappa shape index (κ2) is 10.3. The van der Waals surface area contributed by atoms with Gasteiger partial charge >= 0.3 is 6.03 Å². The van der Waals surface area contributed by atoms with E-state index in [1.807, 2.05) is 25.1 Å². The van der Waals surface area contributed by atoms with Crippen molar-refractivity contribution in [2.75, 3.05) is 49.0 Å². The van der Waals surface area contributed by atoms with Gasteiger partial charge in [0.25, 0.3) is 0 Å². The van der Waals surface area contributed by atoms with Gasteiger partial charge in [-0.3, -0.25) is 4.79 Å². The standard InChI is InChI=1S/C24H32N4O4/c1-6-27(7-2)18-8-10-20(16(3)12-18)26-24(30)25-17-13-23(29)28(15-17)19-9-11-21(31-4)22(14-19)32-5/h8-12,14,17H,6-7,13,15H2,1-5H3,(H2,25,26,30)/t17-/m1/s1. The van der Waals surface area contributed by atoms with E-state index in [1.54, 1.807) is 31.3 Å². The number of hydrogen-bond donors (Lipinski definition) is 2. The first-order chi connectivity index (χ1) is 15.4. The maximum Gasteiger partial charge on any atom is 0.319 e. The zero-order valence-electron chi connectivity index (χ0n) is 19.4. The molecule has 0 saturated carbocycles. The number of nitrogens with zero attached hydrogens (tertiary/aromatic N) is 2. The first-order valence-corrected chi connectivity index (χ1v) is 10.9. The van der Waals surface area contributed by atoms with Crippen LogP contribution in [0.1, 0.15) is 25.8 Å². The van der Waals surface area contributed by atoms with Gasteiger partial charge < -0.3 is 29.9 Å². The quantitative estimate of drug-likeness (QED) is 0.653. The van der Waals surface area contributed by atoms with Crippen LogP contribution >= 0.6 is 0 Å². The Hall–Kier alpha value is -3.42. The van der Waals surface area contributed by atoms with Crippen LogP contribution in [0, 0.1) is 6.92 Å². The van der Waals surface area contributed by atoms with Gasteiger partial charge in [0, 0.05) is 49.2 Å². The molecule has 8 heteroatoms. The van der Waals surface area contributed by atoms with E-state index in [9.17, 15) is 9.59 Å². The van der Waals surface area contributed by atoms with Crippen LogP contribution < -0.4 is 29.9 Å².